The van der Waals surface area contributed by atoms with Gasteiger partial charge in [-0.15, -0.1) is 0 Å². The molecule has 0 aliphatic carbocycles. The number of allylic oxidation sites excluding steroid dienone is 18. The molecule has 588 valence electrons. The fourth-order valence-corrected chi connectivity index (χ4v) is 12.1. The molecular weight excluding hydrogens is 1330 g/mol. The van der Waals surface area contributed by atoms with E-state index in [0.29, 0.717) is 38.5 Å². The van der Waals surface area contributed by atoms with Crippen molar-refractivity contribution in [1.29, 1.82) is 0 Å². The van der Waals surface area contributed by atoms with E-state index in [-0.39, 0.29) is 25.7 Å². The van der Waals surface area contributed by atoms with Crippen LogP contribution in [0.2, 0.25) is 0 Å². The number of carbonyl (C=O) groups is 4. The Kier molecular flexibility index (Phi) is 71.8. The highest BCUT2D eigenvalue weighted by molar-refractivity contribution is 7.47. The van der Waals surface area contributed by atoms with E-state index in [2.05, 4.69) is 113 Å². The van der Waals surface area contributed by atoms with Gasteiger partial charge in [0, 0.05) is 25.7 Å². The quantitative estimate of drug-likeness (QED) is 0.0169. The number of unbranched alkanes of at least 4 members (excludes halogenated alkanes) is 31. The maximum Gasteiger partial charge on any atom is 0.472 e. The summed E-state index contributed by atoms with van der Waals surface area (Å²) in [4.78, 5) is 72.9. The van der Waals surface area contributed by atoms with Crippen molar-refractivity contribution in [3.63, 3.8) is 0 Å². The zero-order valence-electron chi connectivity index (χ0n) is 64.3. The lowest BCUT2D eigenvalue weighted by Crippen LogP contribution is -2.30. The van der Waals surface area contributed by atoms with Crippen LogP contribution in [0, 0.1) is 0 Å². The van der Waals surface area contributed by atoms with Gasteiger partial charge in [0.15, 0.2) is 12.2 Å². The van der Waals surface area contributed by atoms with Gasteiger partial charge in [-0.1, -0.05) is 291 Å². The Morgan fingerprint density at radius 3 is 0.804 bits per heavy atom. The zero-order valence-corrected chi connectivity index (χ0v) is 66.0. The molecule has 0 heterocycles. The standard InChI is InChI=1S/C83H144O17P2/c1-5-9-13-17-21-25-29-33-36-38-41-44-47-51-55-59-63-67-80(85)93-73-78(99-82(87)69-65-61-57-53-49-43-32-28-24-20-16-12-8-4)75-97-101(89,90)95-71-77(84)72-96-102(91,92)98-76-79(100-83(88)70-66-62-58-54-50-46-40-35-31-27-23-19-15-11-7-3)74-94-81(86)68-64-60-56-52-48-45-42-39-37-34-30-26-22-18-14-10-6-2/h21-22,25-26,28,32-34,36-37,41-42,44-45,51-52,55-56,77-79,84H,5-20,23-24,27,29-31,35,38-40,43,46-50,53-54,57-76H2,1-4H3,(H,89,90)(H,91,92)/b25-21-,26-22-,32-28-,36-33-,37-34-,44-41-,45-42-,55-51-,56-52-/t77-,78-,79-/m1/s1. The normalized spacial score (nSPS) is 14.5. The van der Waals surface area contributed by atoms with Gasteiger partial charge in [0.25, 0.3) is 0 Å². The summed E-state index contributed by atoms with van der Waals surface area (Å²) in [5.41, 5.74) is 0. The van der Waals surface area contributed by atoms with Crippen molar-refractivity contribution in [2.45, 2.75) is 354 Å². The van der Waals surface area contributed by atoms with Crippen LogP contribution in [0.4, 0.5) is 0 Å². The summed E-state index contributed by atoms with van der Waals surface area (Å²) in [5, 5.41) is 10.6. The highest BCUT2D eigenvalue weighted by Gasteiger charge is 2.30. The lowest BCUT2D eigenvalue weighted by atomic mass is 10.0. The number of carbonyl (C=O) groups excluding carboxylic acids is 4. The summed E-state index contributed by atoms with van der Waals surface area (Å²) in [6.45, 7) is 4.70. The molecule has 17 nitrogen and oxygen atoms in total. The van der Waals surface area contributed by atoms with Gasteiger partial charge in [-0.25, -0.2) is 9.13 Å². The third kappa shape index (κ3) is 74.0. The van der Waals surface area contributed by atoms with E-state index >= 15 is 0 Å². The Morgan fingerprint density at radius 1 is 0.275 bits per heavy atom. The molecule has 0 spiro atoms. The fraction of sp³-hybridized carbons (Fsp3) is 0.735. The van der Waals surface area contributed by atoms with Crippen LogP contribution < -0.4 is 0 Å². The van der Waals surface area contributed by atoms with E-state index in [1.165, 1.54) is 128 Å². The van der Waals surface area contributed by atoms with Crippen molar-refractivity contribution in [2.75, 3.05) is 39.6 Å². The Morgan fingerprint density at radius 2 is 0.490 bits per heavy atom. The number of hydrogen-bond acceptors (Lipinski definition) is 15. The number of hydrogen-bond donors (Lipinski definition) is 3. The molecule has 0 radical (unpaired) electrons. The molecular formula is C83H144O17P2. The van der Waals surface area contributed by atoms with Crippen LogP contribution in [0.15, 0.2) is 109 Å². The maximum absolute atomic E-state index is 13.1. The summed E-state index contributed by atoms with van der Waals surface area (Å²) < 4.78 is 68.5. The van der Waals surface area contributed by atoms with Crippen molar-refractivity contribution in [3.05, 3.63) is 109 Å². The molecule has 0 bridgehead atoms. The highest BCUT2D eigenvalue weighted by Crippen LogP contribution is 2.45. The van der Waals surface area contributed by atoms with Gasteiger partial charge in [0.1, 0.15) is 19.3 Å². The Hall–Kier alpha value is -4.28. The molecule has 0 saturated carbocycles. The van der Waals surface area contributed by atoms with E-state index in [9.17, 15) is 43.2 Å². The third-order valence-corrected chi connectivity index (χ3v) is 18.6. The minimum Gasteiger partial charge on any atom is -0.462 e. The average molecular weight is 1480 g/mol. The van der Waals surface area contributed by atoms with E-state index < -0.39 is 97.5 Å². The van der Waals surface area contributed by atoms with Crippen molar-refractivity contribution < 1.29 is 80.2 Å². The molecule has 0 aromatic heterocycles. The van der Waals surface area contributed by atoms with Crippen molar-refractivity contribution >= 4 is 39.5 Å². The second kappa shape index (κ2) is 75.0. The van der Waals surface area contributed by atoms with Gasteiger partial charge in [0.2, 0.25) is 0 Å². The first-order chi connectivity index (χ1) is 49.7. The fourth-order valence-electron chi connectivity index (χ4n) is 10.6. The number of rotatable bonds is 75. The Balaban J connectivity index is 5.43. The van der Waals surface area contributed by atoms with Crippen LogP contribution in [-0.2, 0) is 65.4 Å². The van der Waals surface area contributed by atoms with Gasteiger partial charge in [-0.05, 0) is 128 Å². The minimum atomic E-state index is -4.99. The predicted octanol–water partition coefficient (Wildman–Crippen LogP) is 23.3. The monoisotopic (exact) mass is 1470 g/mol. The summed E-state index contributed by atoms with van der Waals surface area (Å²) in [6, 6.07) is 0. The van der Waals surface area contributed by atoms with E-state index in [1.807, 2.05) is 24.3 Å². The first-order valence-corrected chi connectivity index (χ1v) is 43.1. The molecule has 0 aliphatic rings. The molecule has 2 unspecified atom stereocenters. The van der Waals surface area contributed by atoms with Crippen LogP contribution in [0.25, 0.3) is 0 Å². The number of esters is 4. The molecule has 0 aliphatic heterocycles. The lowest BCUT2D eigenvalue weighted by Gasteiger charge is -2.21. The summed E-state index contributed by atoms with van der Waals surface area (Å²) in [7, 11) is -9.98. The lowest BCUT2D eigenvalue weighted by molar-refractivity contribution is -0.161. The molecule has 19 heteroatoms. The third-order valence-electron chi connectivity index (χ3n) is 16.7. The second-order valence-electron chi connectivity index (χ2n) is 26.7. The van der Waals surface area contributed by atoms with Gasteiger partial charge >= 0.3 is 39.5 Å². The molecule has 0 rings (SSSR count). The Bertz CT molecular complexity index is 2360. The number of ether oxygens (including phenoxy) is 4. The van der Waals surface area contributed by atoms with Crippen molar-refractivity contribution in [2.24, 2.45) is 0 Å². The van der Waals surface area contributed by atoms with Crippen LogP contribution in [0.3, 0.4) is 0 Å². The van der Waals surface area contributed by atoms with E-state index in [1.54, 1.807) is 0 Å². The highest BCUT2D eigenvalue weighted by atomic mass is 31.2. The molecule has 5 atom stereocenters. The molecule has 0 saturated heterocycles. The zero-order chi connectivity index (χ0) is 74.6. The van der Waals surface area contributed by atoms with E-state index in [0.717, 1.165) is 116 Å². The molecule has 0 aromatic carbocycles. The summed E-state index contributed by atoms with van der Waals surface area (Å²) >= 11 is 0. The molecule has 3 N–H and O–H groups in total. The van der Waals surface area contributed by atoms with Crippen LogP contribution >= 0.6 is 15.6 Å². The number of phosphoric acid groups is 2. The van der Waals surface area contributed by atoms with Gasteiger partial charge in [-0.3, -0.25) is 37.3 Å². The number of aliphatic hydroxyl groups is 1. The summed E-state index contributed by atoms with van der Waals surface area (Å²) in [5.74, 6) is -2.30. The van der Waals surface area contributed by atoms with Gasteiger partial charge < -0.3 is 33.8 Å². The maximum atomic E-state index is 13.1. The topological polar surface area (TPSA) is 237 Å². The van der Waals surface area contributed by atoms with Crippen LogP contribution in [0.1, 0.15) is 336 Å². The first kappa shape index (κ1) is 97.7. The molecule has 102 heavy (non-hydrogen) atoms. The van der Waals surface area contributed by atoms with Crippen LogP contribution in [0.5, 0.6) is 0 Å². The second-order valence-corrected chi connectivity index (χ2v) is 29.6. The average Bonchev–Trinajstić information content (AvgIpc) is 0.908. The molecule has 0 aromatic rings. The SMILES string of the molecule is CCCCC/C=C\C/C=C\C/C=C\C/C=C\CCCC(=O)OC[C@H](COP(=O)(O)OC[C@@H](O)COP(=O)(O)OC[C@@H](COC(=O)CCC/C=C\C/C=C\C/C=C\C/C=C\CCCCC)OC(=O)CCCCCCCCCCCCCCCCC)OC(=O)CCCCCCC/C=C\CCCCCC. The van der Waals surface area contributed by atoms with Gasteiger partial charge in [-0.2, -0.15) is 0 Å². The van der Waals surface area contributed by atoms with Crippen molar-refractivity contribution in [3.8, 4) is 0 Å². The van der Waals surface area contributed by atoms with Crippen molar-refractivity contribution in [1.82, 2.24) is 0 Å². The predicted molar refractivity (Wildman–Crippen MR) is 418 cm³/mol. The van der Waals surface area contributed by atoms with Gasteiger partial charge in [0.05, 0.1) is 26.4 Å². The van der Waals surface area contributed by atoms with Crippen LogP contribution in [-0.4, -0.2) is 96.7 Å². The summed E-state index contributed by atoms with van der Waals surface area (Å²) in [6.07, 6.45) is 80.8. The minimum absolute atomic E-state index is 0.0716. The number of aliphatic hydroxyl groups excluding tert-OH is 1. The smallest absolute Gasteiger partial charge is 0.462 e. The molecule has 0 fully saturated rings. The first-order valence-electron chi connectivity index (χ1n) is 40.1. The number of phosphoric ester groups is 2. The Labute approximate surface area is 619 Å². The largest absolute Gasteiger partial charge is 0.472 e. The molecule has 0 amide bonds. The van der Waals surface area contributed by atoms with E-state index in [4.69, 9.17) is 37.0 Å².